The number of nitrogens with zero attached hydrogens (tertiary/aromatic N) is 3. The molecule has 5 nitrogen and oxygen atoms in total. The van der Waals surface area contributed by atoms with E-state index >= 15 is 0 Å². The molecule has 0 fully saturated rings. The molecule has 2 aliphatic rings. The maximum Gasteiger partial charge on any atom is 0.242 e. The zero-order valence-electron chi connectivity index (χ0n) is 13.9. The van der Waals surface area contributed by atoms with E-state index in [0.29, 0.717) is 6.54 Å². The normalized spacial score (nSPS) is 18.6. The van der Waals surface area contributed by atoms with Crippen molar-refractivity contribution in [1.29, 1.82) is 0 Å². The molecule has 0 aliphatic carbocycles. The Morgan fingerprint density at radius 2 is 1.92 bits per heavy atom. The molecule has 0 bridgehead atoms. The Kier molecular flexibility index (Phi) is 3.69. The second kappa shape index (κ2) is 6.02. The smallest absolute Gasteiger partial charge is 0.242 e. The lowest BCUT2D eigenvalue weighted by Gasteiger charge is -2.25. The molecule has 1 unspecified atom stereocenters. The summed E-state index contributed by atoms with van der Waals surface area (Å²) in [5.74, 6) is 0.414. The van der Waals surface area contributed by atoms with Gasteiger partial charge in [0, 0.05) is 17.5 Å². The van der Waals surface area contributed by atoms with Crippen LogP contribution >= 0.6 is 0 Å². The van der Waals surface area contributed by atoms with E-state index in [4.69, 9.17) is 5.73 Å². The first-order valence-corrected chi connectivity index (χ1v) is 8.19. The highest BCUT2D eigenvalue weighted by atomic mass is 16.1. The summed E-state index contributed by atoms with van der Waals surface area (Å²) in [6.07, 6.45) is 5.90. The molecule has 1 amide bonds. The van der Waals surface area contributed by atoms with Crippen LogP contribution in [-0.4, -0.2) is 34.2 Å². The highest BCUT2D eigenvalue weighted by Gasteiger charge is 2.31. The second-order valence-corrected chi connectivity index (χ2v) is 6.15. The number of pyridine rings is 1. The Morgan fingerprint density at radius 3 is 2.68 bits per heavy atom. The number of allylic oxidation sites excluding steroid dienone is 2. The van der Waals surface area contributed by atoms with Crippen LogP contribution in [0.1, 0.15) is 11.3 Å². The molecule has 3 heterocycles. The zero-order chi connectivity index (χ0) is 17.4. The number of aliphatic imine (C=N–C) groups is 1. The molecule has 0 spiro atoms. The Hall–Kier alpha value is -3.21. The van der Waals surface area contributed by atoms with Crippen molar-refractivity contribution in [3.05, 3.63) is 72.1 Å². The summed E-state index contributed by atoms with van der Waals surface area (Å²) in [5.41, 5.74) is 10.5. The Balaban J connectivity index is 1.78. The van der Waals surface area contributed by atoms with Crippen LogP contribution in [0.5, 0.6) is 0 Å². The van der Waals surface area contributed by atoms with E-state index in [9.17, 15) is 4.79 Å². The van der Waals surface area contributed by atoms with Gasteiger partial charge in [0.05, 0.1) is 12.2 Å². The van der Waals surface area contributed by atoms with E-state index in [1.165, 1.54) is 0 Å². The largest absolute Gasteiger partial charge is 0.368 e. The summed E-state index contributed by atoms with van der Waals surface area (Å²) in [6, 6.07) is 13.7. The lowest BCUT2D eigenvalue weighted by atomic mass is 9.96. The molecule has 124 valence electrons. The third-order valence-corrected chi connectivity index (χ3v) is 4.45. The van der Waals surface area contributed by atoms with Crippen LogP contribution in [0.15, 0.2) is 65.8 Å². The van der Waals surface area contributed by atoms with Crippen molar-refractivity contribution in [3.8, 4) is 11.3 Å². The van der Waals surface area contributed by atoms with Crippen LogP contribution in [0.3, 0.4) is 0 Å². The molecule has 1 atom stereocenters. The van der Waals surface area contributed by atoms with Gasteiger partial charge in [0.1, 0.15) is 11.9 Å². The van der Waals surface area contributed by atoms with E-state index in [-0.39, 0.29) is 5.91 Å². The van der Waals surface area contributed by atoms with Gasteiger partial charge in [-0.25, -0.2) is 0 Å². The maximum atomic E-state index is 11.7. The van der Waals surface area contributed by atoms with E-state index < -0.39 is 6.04 Å². The van der Waals surface area contributed by atoms with Crippen LogP contribution in [0.25, 0.3) is 16.8 Å². The monoisotopic (exact) mass is 330 g/mol. The van der Waals surface area contributed by atoms with Gasteiger partial charge >= 0.3 is 0 Å². The predicted octanol–water partition coefficient (Wildman–Crippen LogP) is 2.54. The first-order valence-electron chi connectivity index (χ1n) is 8.19. The zero-order valence-corrected chi connectivity index (χ0v) is 13.9. The average Bonchev–Trinajstić information content (AvgIpc) is 3.05. The van der Waals surface area contributed by atoms with Crippen molar-refractivity contribution >= 4 is 17.3 Å². The minimum atomic E-state index is -0.417. The molecular formula is C20H18N4O. The van der Waals surface area contributed by atoms with E-state index in [1.54, 1.807) is 0 Å². The average molecular weight is 330 g/mol. The van der Waals surface area contributed by atoms with Crippen LogP contribution < -0.4 is 5.73 Å². The number of carbonyl (C=O) groups is 1. The summed E-state index contributed by atoms with van der Waals surface area (Å²) in [7, 11) is 0. The highest BCUT2D eigenvalue weighted by molar-refractivity contribution is 6.04. The molecule has 25 heavy (non-hydrogen) atoms. The number of aromatic nitrogens is 1. The van der Waals surface area contributed by atoms with Gasteiger partial charge in [-0.2, -0.15) is 0 Å². The highest BCUT2D eigenvalue weighted by Crippen LogP contribution is 2.31. The first-order chi connectivity index (χ1) is 12.1. The number of amides is 1. The van der Waals surface area contributed by atoms with Crippen LogP contribution in [0.2, 0.25) is 0 Å². The molecule has 1 aromatic carbocycles. The predicted molar refractivity (Wildman–Crippen MR) is 98.7 cm³/mol. The fourth-order valence-electron chi connectivity index (χ4n) is 3.20. The number of aryl methyl sites for hydroxylation is 1. The summed E-state index contributed by atoms with van der Waals surface area (Å²) >= 11 is 0. The molecule has 2 N–H and O–H groups in total. The summed E-state index contributed by atoms with van der Waals surface area (Å²) in [5, 5.41) is 0. The number of fused-ring (bicyclic) bond motifs is 1. The SMILES string of the molecule is Cc1cccc(-c2ccccc2C2=CN3C(=NCC3C(N)=O)C=C2)n1. The molecular weight excluding hydrogens is 312 g/mol. The molecule has 2 aliphatic heterocycles. The maximum absolute atomic E-state index is 11.7. The molecule has 1 aromatic heterocycles. The number of benzene rings is 1. The molecule has 0 saturated carbocycles. The van der Waals surface area contributed by atoms with Crippen molar-refractivity contribution in [2.24, 2.45) is 10.7 Å². The number of rotatable bonds is 3. The molecule has 2 aromatic rings. The van der Waals surface area contributed by atoms with Gasteiger partial charge in [-0.05, 0) is 42.3 Å². The van der Waals surface area contributed by atoms with E-state index in [1.807, 2.05) is 60.5 Å². The minimum absolute atomic E-state index is 0.363. The number of hydrogen-bond donors (Lipinski definition) is 1. The lowest BCUT2D eigenvalue weighted by Crippen LogP contribution is -2.42. The van der Waals surface area contributed by atoms with Crippen molar-refractivity contribution in [2.75, 3.05) is 6.54 Å². The van der Waals surface area contributed by atoms with Gasteiger partial charge in [0.2, 0.25) is 5.91 Å². The van der Waals surface area contributed by atoms with Crippen molar-refractivity contribution in [3.63, 3.8) is 0 Å². The summed E-state index contributed by atoms with van der Waals surface area (Å²) in [6.45, 7) is 2.39. The summed E-state index contributed by atoms with van der Waals surface area (Å²) in [4.78, 5) is 22.6. The quantitative estimate of drug-likeness (QED) is 0.940. The lowest BCUT2D eigenvalue weighted by molar-refractivity contribution is -0.120. The topological polar surface area (TPSA) is 71.6 Å². The minimum Gasteiger partial charge on any atom is -0.368 e. The van der Waals surface area contributed by atoms with Gasteiger partial charge in [-0.1, -0.05) is 30.3 Å². The summed E-state index contributed by atoms with van der Waals surface area (Å²) < 4.78 is 0. The van der Waals surface area contributed by atoms with Crippen molar-refractivity contribution < 1.29 is 4.79 Å². The van der Waals surface area contributed by atoms with Gasteiger partial charge in [-0.3, -0.25) is 14.8 Å². The fraction of sp³-hybridized carbons (Fsp3) is 0.150. The second-order valence-electron chi connectivity index (χ2n) is 6.15. The van der Waals surface area contributed by atoms with Gasteiger partial charge in [0.25, 0.3) is 0 Å². The van der Waals surface area contributed by atoms with Crippen LogP contribution in [0.4, 0.5) is 0 Å². The first kappa shape index (κ1) is 15.3. The van der Waals surface area contributed by atoms with Gasteiger partial charge < -0.3 is 10.6 Å². The Bertz CT molecular complexity index is 942. The number of amidine groups is 1. The molecule has 0 saturated heterocycles. The van der Waals surface area contributed by atoms with Crippen LogP contribution in [0, 0.1) is 6.92 Å². The van der Waals surface area contributed by atoms with Gasteiger partial charge in [-0.15, -0.1) is 0 Å². The standard InChI is InChI=1S/C20H18N4O/c1-13-5-4-8-17(23-13)16-7-3-2-6-15(16)14-9-10-19-22-11-18(20(21)25)24(19)12-14/h2-10,12,18H,11H2,1H3,(H2,21,25). The van der Waals surface area contributed by atoms with E-state index in [0.717, 1.165) is 33.9 Å². The van der Waals surface area contributed by atoms with Crippen LogP contribution in [-0.2, 0) is 4.79 Å². The molecule has 4 rings (SSSR count). The number of primary amides is 1. The third-order valence-electron chi connectivity index (χ3n) is 4.45. The number of hydrogen-bond acceptors (Lipinski definition) is 4. The molecule has 0 radical (unpaired) electrons. The number of nitrogens with two attached hydrogens (primary N) is 1. The Morgan fingerprint density at radius 1 is 1.12 bits per heavy atom. The van der Waals surface area contributed by atoms with E-state index in [2.05, 4.69) is 22.1 Å². The Labute approximate surface area is 146 Å². The van der Waals surface area contributed by atoms with Crippen molar-refractivity contribution in [2.45, 2.75) is 13.0 Å². The molecule has 5 heteroatoms. The number of carbonyl (C=O) groups excluding carboxylic acids is 1. The third kappa shape index (κ3) is 2.74. The van der Waals surface area contributed by atoms with Gasteiger partial charge in [0.15, 0.2) is 0 Å². The van der Waals surface area contributed by atoms with Crippen molar-refractivity contribution in [1.82, 2.24) is 9.88 Å². The fourth-order valence-corrected chi connectivity index (χ4v) is 3.20.